The smallest absolute Gasteiger partial charge is 0.416 e. The normalized spacial score (nSPS) is 11.2. The molecule has 0 bridgehead atoms. The summed E-state index contributed by atoms with van der Waals surface area (Å²) in [6.45, 7) is 2.91. The molecule has 0 atom stereocenters. The summed E-state index contributed by atoms with van der Waals surface area (Å²) >= 11 is 0. The Kier molecular flexibility index (Phi) is 8.90. The summed E-state index contributed by atoms with van der Waals surface area (Å²) in [4.78, 5) is 17.2. The number of carbonyl (C=O) groups is 1. The van der Waals surface area contributed by atoms with E-state index in [-0.39, 0.29) is 24.3 Å². The van der Waals surface area contributed by atoms with Crippen LogP contribution in [0.1, 0.15) is 22.8 Å². The van der Waals surface area contributed by atoms with Crippen LogP contribution in [0.15, 0.2) is 66.7 Å². The molecule has 9 nitrogen and oxygen atoms in total. The van der Waals surface area contributed by atoms with Crippen molar-refractivity contribution in [2.75, 3.05) is 39.4 Å². The molecule has 4 aromatic rings. The minimum Gasteiger partial charge on any atom is -0.497 e. The van der Waals surface area contributed by atoms with Gasteiger partial charge in [-0.1, -0.05) is 12.1 Å². The lowest BCUT2D eigenvalue weighted by Gasteiger charge is -2.11. The molecular weight excluding hydrogens is 529 g/mol. The maximum atomic E-state index is 13.1. The number of alkyl halides is 3. The lowest BCUT2D eigenvalue weighted by Crippen LogP contribution is -2.12. The first-order chi connectivity index (χ1) is 19.2. The Morgan fingerprint density at radius 2 is 1.57 bits per heavy atom. The van der Waals surface area contributed by atoms with E-state index in [1.165, 1.54) is 31.0 Å². The lowest BCUT2D eigenvalue weighted by molar-refractivity contribution is -0.137. The van der Waals surface area contributed by atoms with E-state index in [1.54, 1.807) is 42.5 Å². The summed E-state index contributed by atoms with van der Waals surface area (Å²) in [6, 6.07) is 16.2. The van der Waals surface area contributed by atoms with Crippen molar-refractivity contribution in [3.05, 3.63) is 77.9 Å². The Morgan fingerprint density at radius 1 is 0.925 bits per heavy atom. The predicted molar refractivity (Wildman–Crippen MR) is 141 cm³/mol. The fourth-order valence-corrected chi connectivity index (χ4v) is 3.69. The number of aromatic nitrogens is 3. The number of ether oxygens (including phenoxy) is 4. The van der Waals surface area contributed by atoms with Crippen LogP contribution in [-0.2, 0) is 10.9 Å². The molecule has 12 heteroatoms. The molecule has 4 rings (SSSR count). The summed E-state index contributed by atoms with van der Waals surface area (Å²) < 4.78 is 62.0. The Hall–Kier alpha value is -4.58. The van der Waals surface area contributed by atoms with E-state index in [4.69, 9.17) is 18.9 Å². The minimum absolute atomic E-state index is 0.0407. The molecule has 0 fully saturated rings. The van der Waals surface area contributed by atoms with Crippen LogP contribution >= 0.6 is 0 Å². The number of rotatable bonds is 11. The highest BCUT2D eigenvalue weighted by Crippen LogP contribution is 2.32. The van der Waals surface area contributed by atoms with Crippen molar-refractivity contribution >= 4 is 11.6 Å². The number of halogens is 3. The predicted octanol–water partition coefficient (Wildman–Crippen LogP) is 5.64. The highest BCUT2D eigenvalue weighted by Gasteiger charge is 2.30. The van der Waals surface area contributed by atoms with Crippen LogP contribution in [0.2, 0.25) is 0 Å². The third-order valence-corrected chi connectivity index (χ3v) is 5.70. The number of carbonyl (C=O) groups excluding carboxylic acids is 1. The van der Waals surface area contributed by atoms with Crippen LogP contribution in [0.5, 0.6) is 17.5 Å². The number of amides is 1. The molecule has 0 aliphatic rings. The Bertz CT molecular complexity index is 1420. The van der Waals surface area contributed by atoms with E-state index >= 15 is 0 Å². The second-order valence-electron chi connectivity index (χ2n) is 8.35. The summed E-state index contributed by atoms with van der Waals surface area (Å²) in [5.74, 6) is 0.851. The van der Waals surface area contributed by atoms with Crippen molar-refractivity contribution in [3.8, 4) is 34.6 Å². The third kappa shape index (κ3) is 6.89. The number of hydrogen-bond donors (Lipinski definition) is 1. The van der Waals surface area contributed by atoms with Crippen LogP contribution in [0.25, 0.3) is 17.1 Å². The molecule has 0 saturated carbocycles. The summed E-state index contributed by atoms with van der Waals surface area (Å²) in [5, 5.41) is 7.20. The number of methoxy groups -OCH3 is 2. The summed E-state index contributed by atoms with van der Waals surface area (Å²) in [5.41, 5.74) is 1.02. The maximum absolute atomic E-state index is 13.1. The van der Waals surface area contributed by atoms with Crippen molar-refractivity contribution in [1.29, 1.82) is 0 Å². The molecule has 1 amide bonds. The van der Waals surface area contributed by atoms with Gasteiger partial charge < -0.3 is 24.3 Å². The van der Waals surface area contributed by atoms with Gasteiger partial charge in [-0.05, 0) is 55.5 Å². The van der Waals surface area contributed by atoms with Crippen molar-refractivity contribution in [1.82, 2.24) is 14.8 Å². The van der Waals surface area contributed by atoms with Crippen molar-refractivity contribution < 1.29 is 36.9 Å². The average Bonchev–Trinajstić information content (AvgIpc) is 3.39. The van der Waals surface area contributed by atoms with Gasteiger partial charge in [-0.15, -0.1) is 5.10 Å². The number of nitrogens with one attached hydrogen (secondary N) is 1. The number of nitrogens with zero attached hydrogens (tertiary/aromatic N) is 3. The van der Waals surface area contributed by atoms with E-state index in [0.717, 1.165) is 12.1 Å². The van der Waals surface area contributed by atoms with Gasteiger partial charge in [-0.25, -0.2) is 4.68 Å². The van der Waals surface area contributed by atoms with Gasteiger partial charge in [0.1, 0.15) is 18.1 Å². The van der Waals surface area contributed by atoms with E-state index in [1.807, 2.05) is 6.92 Å². The first kappa shape index (κ1) is 28.4. The van der Waals surface area contributed by atoms with Crippen LogP contribution in [-0.4, -0.2) is 54.7 Å². The molecule has 0 radical (unpaired) electrons. The van der Waals surface area contributed by atoms with Crippen molar-refractivity contribution in [2.24, 2.45) is 0 Å². The molecular formula is C28H27F3N4O5. The van der Waals surface area contributed by atoms with E-state index in [2.05, 4.69) is 15.4 Å². The lowest BCUT2D eigenvalue weighted by atomic mass is 10.1. The number of anilines is 1. The SMILES string of the molecule is CCOCCOc1nc(-c2ccc(C(F)(F)F)cc2)n(-c2ccc(NC(=O)c3cc(OC)cc(OC)c3)cc2)n1. The molecule has 3 aromatic carbocycles. The topological polar surface area (TPSA) is 96.7 Å². The monoisotopic (exact) mass is 556 g/mol. The van der Waals surface area contributed by atoms with Gasteiger partial charge >= 0.3 is 12.2 Å². The zero-order valence-electron chi connectivity index (χ0n) is 22.0. The van der Waals surface area contributed by atoms with Gasteiger partial charge in [0, 0.05) is 29.5 Å². The van der Waals surface area contributed by atoms with Gasteiger partial charge in [0.2, 0.25) is 0 Å². The number of benzene rings is 3. The highest BCUT2D eigenvalue weighted by molar-refractivity contribution is 6.04. The second-order valence-corrected chi connectivity index (χ2v) is 8.35. The minimum atomic E-state index is -4.46. The van der Waals surface area contributed by atoms with Crippen LogP contribution < -0.4 is 19.5 Å². The molecule has 1 heterocycles. The number of hydrogen-bond acceptors (Lipinski definition) is 7. The second kappa shape index (κ2) is 12.5. The molecule has 1 aromatic heterocycles. The Morgan fingerprint density at radius 3 is 2.15 bits per heavy atom. The Balaban J connectivity index is 1.59. The quantitative estimate of drug-likeness (QED) is 0.239. The molecule has 0 aliphatic heterocycles. The van der Waals surface area contributed by atoms with E-state index < -0.39 is 11.7 Å². The van der Waals surface area contributed by atoms with Gasteiger partial charge in [0.15, 0.2) is 5.82 Å². The third-order valence-electron chi connectivity index (χ3n) is 5.70. The van der Waals surface area contributed by atoms with Crippen molar-refractivity contribution in [3.63, 3.8) is 0 Å². The largest absolute Gasteiger partial charge is 0.497 e. The van der Waals surface area contributed by atoms with Crippen LogP contribution in [0.4, 0.5) is 18.9 Å². The van der Waals surface area contributed by atoms with Gasteiger partial charge in [-0.3, -0.25) is 4.79 Å². The van der Waals surface area contributed by atoms with Gasteiger partial charge in [-0.2, -0.15) is 18.2 Å². The Labute approximate surface area is 228 Å². The van der Waals surface area contributed by atoms with Gasteiger partial charge in [0.25, 0.3) is 5.91 Å². The molecule has 0 spiro atoms. The van der Waals surface area contributed by atoms with Crippen LogP contribution in [0, 0.1) is 0 Å². The molecule has 0 aliphatic carbocycles. The zero-order chi connectivity index (χ0) is 28.7. The van der Waals surface area contributed by atoms with E-state index in [9.17, 15) is 18.0 Å². The maximum Gasteiger partial charge on any atom is 0.416 e. The molecule has 210 valence electrons. The van der Waals surface area contributed by atoms with Gasteiger partial charge in [0.05, 0.1) is 32.1 Å². The molecule has 0 unspecified atom stereocenters. The molecule has 1 N–H and O–H groups in total. The summed E-state index contributed by atoms with van der Waals surface area (Å²) in [7, 11) is 2.99. The molecule has 40 heavy (non-hydrogen) atoms. The average molecular weight is 557 g/mol. The van der Waals surface area contributed by atoms with Crippen LogP contribution in [0.3, 0.4) is 0 Å². The molecule has 0 saturated heterocycles. The highest BCUT2D eigenvalue weighted by atomic mass is 19.4. The van der Waals surface area contributed by atoms with Crippen molar-refractivity contribution in [2.45, 2.75) is 13.1 Å². The standard InChI is InChI=1S/C28H27F3N4O5/c1-4-39-13-14-40-27-33-25(18-5-7-20(8-6-18)28(29,30)31)35(34-27)22-11-9-21(10-12-22)32-26(36)19-15-23(37-2)17-24(16-19)38-3/h5-12,15-17H,4,13-14H2,1-3H3,(H,32,36). The zero-order valence-corrected chi connectivity index (χ0v) is 22.0. The fourth-order valence-electron chi connectivity index (χ4n) is 3.69. The fraction of sp³-hybridized carbons (Fsp3) is 0.250. The van der Waals surface area contributed by atoms with E-state index in [0.29, 0.717) is 47.2 Å². The first-order valence-corrected chi connectivity index (χ1v) is 12.2. The first-order valence-electron chi connectivity index (χ1n) is 12.2. The summed E-state index contributed by atoms with van der Waals surface area (Å²) in [6.07, 6.45) is -4.46.